The number of hydrogen-bond donors (Lipinski definition) is 2. The number of aromatic nitrogens is 2. The third kappa shape index (κ3) is 1.48. The Morgan fingerprint density at radius 1 is 1.32 bits per heavy atom. The van der Waals surface area contributed by atoms with Crippen LogP contribution in [-0.2, 0) is 24.7 Å². The fourth-order valence-corrected chi connectivity index (χ4v) is 5.33. The number of likely N-dealkylation sites (tertiary alicyclic amines) is 1. The van der Waals surface area contributed by atoms with Crippen LogP contribution in [0.25, 0.3) is 0 Å². The highest BCUT2D eigenvalue weighted by atomic mass is 16.3. The van der Waals surface area contributed by atoms with Crippen LogP contribution in [0.1, 0.15) is 28.8 Å². The second-order valence-corrected chi connectivity index (χ2v) is 7.36. The normalized spacial score (nSPS) is 33.0. The molecule has 0 radical (unpaired) electrons. The van der Waals surface area contributed by atoms with Crippen molar-refractivity contribution in [3.05, 3.63) is 46.8 Å². The van der Waals surface area contributed by atoms with Crippen LogP contribution in [0.5, 0.6) is 5.75 Å². The number of benzene rings is 1. The summed E-state index contributed by atoms with van der Waals surface area (Å²) in [5.41, 5.74) is 5.68. The summed E-state index contributed by atoms with van der Waals surface area (Å²) in [5, 5.41) is 17.5. The molecular formula is C18H21N3O. The van der Waals surface area contributed by atoms with E-state index in [0.717, 1.165) is 25.8 Å². The SMILES string of the molecule is CN1CC[C@@]23Cc4[nH]ncc4C[C@H]2[C@@H]1Cc1ccc(O)cc13. The first-order valence-electron chi connectivity index (χ1n) is 8.21. The molecule has 1 fully saturated rings. The summed E-state index contributed by atoms with van der Waals surface area (Å²) >= 11 is 0. The van der Waals surface area contributed by atoms with Gasteiger partial charge in [0.1, 0.15) is 5.75 Å². The number of likely N-dealkylation sites (N-methyl/N-ethyl adjacent to an activating group) is 1. The van der Waals surface area contributed by atoms with E-state index in [1.807, 2.05) is 18.3 Å². The number of hydrogen-bond acceptors (Lipinski definition) is 3. The van der Waals surface area contributed by atoms with E-state index in [2.05, 4.69) is 28.2 Å². The zero-order valence-electron chi connectivity index (χ0n) is 12.8. The first-order chi connectivity index (χ1) is 10.7. The number of phenolic OH excluding ortho intramolecular Hbond substituents is 1. The predicted octanol–water partition coefficient (Wildman–Crippen LogP) is 2.03. The van der Waals surface area contributed by atoms with Crippen molar-refractivity contribution in [3.63, 3.8) is 0 Å². The van der Waals surface area contributed by atoms with Crippen LogP contribution >= 0.6 is 0 Å². The first-order valence-corrected chi connectivity index (χ1v) is 8.21. The monoisotopic (exact) mass is 295 g/mol. The Morgan fingerprint density at radius 2 is 2.23 bits per heavy atom. The Kier molecular flexibility index (Phi) is 2.39. The molecule has 3 aliphatic rings. The fourth-order valence-electron chi connectivity index (χ4n) is 5.33. The average Bonchev–Trinajstić information content (AvgIpc) is 2.96. The number of phenols is 1. The Labute approximate surface area is 130 Å². The summed E-state index contributed by atoms with van der Waals surface area (Å²) in [6.45, 7) is 1.14. The number of nitrogens with one attached hydrogen (secondary N) is 1. The molecule has 1 aromatic carbocycles. The van der Waals surface area contributed by atoms with Crippen molar-refractivity contribution in [1.82, 2.24) is 15.1 Å². The number of rotatable bonds is 0. The lowest BCUT2D eigenvalue weighted by Crippen LogP contribution is -2.61. The lowest BCUT2D eigenvalue weighted by molar-refractivity contribution is 0.0238. The molecule has 1 aliphatic heterocycles. The zero-order chi connectivity index (χ0) is 14.9. The van der Waals surface area contributed by atoms with E-state index in [0.29, 0.717) is 17.7 Å². The molecule has 114 valence electrons. The molecule has 0 unspecified atom stereocenters. The van der Waals surface area contributed by atoms with Gasteiger partial charge in [0.05, 0.1) is 6.20 Å². The van der Waals surface area contributed by atoms with Crippen LogP contribution in [-0.4, -0.2) is 39.8 Å². The van der Waals surface area contributed by atoms with Gasteiger partial charge in [-0.1, -0.05) is 6.07 Å². The van der Waals surface area contributed by atoms with Crippen molar-refractivity contribution in [1.29, 1.82) is 0 Å². The Hall–Kier alpha value is -1.81. The van der Waals surface area contributed by atoms with Crippen molar-refractivity contribution >= 4 is 0 Å². The molecule has 3 atom stereocenters. The van der Waals surface area contributed by atoms with Crippen LogP contribution < -0.4 is 0 Å². The molecule has 22 heavy (non-hydrogen) atoms. The maximum atomic E-state index is 10.0. The van der Waals surface area contributed by atoms with E-state index in [1.54, 1.807) is 0 Å². The standard InChI is InChI=1S/C18H21N3O/c1-21-5-4-18-9-16-12(10-19-20-16)6-15(18)17(21)7-11-2-3-13(22)8-14(11)18/h2-3,8,10,15,17,22H,4-7,9H2,1H3,(H,19,20)/t15-,17-,18-/m0/s1. The topological polar surface area (TPSA) is 52.2 Å². The highest BCUT2D eigenvalue weighted by Gasteiger charge is 2.54. The summed E-state index contributed by atoms with van der Waals surface area (Å²) in [6, 6.07) is 6.62. The number of fused-ring (bicyclic) bond motifs is 2. The van der Waals surface area contributed by atoms with Gasteiger partial charge in [-0.25, -0.2) is 0 Å². The fraction of sp³-hybridized carbons (Fsp3) is 0.500. The van der Waals surface area contributed by atoms with E-state index in [1.165, 1.54) is 28.8 Å². The van der Waals surface area contributed by atoms with Crippen molar-refractivity contribution in [2.45, 2.75) is 37.1 Å². The van der Waals surface area contributed by atoms with E-state index >= 15 is 0 Å². The van der Waals surface area contributed by atoms with E-state index in [-0.39, 0.29) is 5.41 Å². The second kappa shape index (κ2) is 4.13. The molecular weight excluding hydrogens is 274 g/mol. The van der Waals surface area contributed by atoms with E-state index < -0.39 is 0 Å². The maximum absolute atomic E-state index is 10.0. The van der Waals surface area contributed by atoms with Gasteiger partial charge in [-0.3, -0.25) is 5.10 Å². The maximum Gasteiger partial charge on any atom is 0.115 e. The average molecular weight is 295 g/mol. The van der Waals surface area contributed by atoms with Gasteiger partial charge in [-0.15, -0.1) is 0 Å². The molecule has 2 aliphatic carbocycles. The van der Waals surface area contributed by atoms with Crippen molar-refractivity contribution < 1.29 is 5.11 Å². The molecule has 4 nitrogen and oxygen atoms in total. The molecule has 2 heterocycles. The van der Waals surface area contributed by atoms with Gasteiger partial charge in [0.15, 0.2) is 0 Å². The Bertz CT molecular complexity index is 753. The number of H-pyrrole nitrogens is 1. The van der Waals surface area contributed by atoms with Crippen LogP contribution in [0.4, 0.5) is 0 Å². The molecule has 1 saturated heterocycles. The molecule has 1 aromatic heterocycles. The summed E-state index contributed by atoms with van der Waals surface area (Å²) in [5.74, 6) is 1.03. The molecule has 5 rings (SSSR count). The Balaban J connectivity index is 1.75. The third-order valence-corrected chi connectivity index (χ3v) is 6.45. The first kappa shape index (κ1) is 12.7. The highest BCUT2D eigenvalue weighted by Crippen LogP contribution is 2.54. The van der Waals surface area contributed by atoms with E-state index in [9.17, 15) is 5.11 Å². The van der Waals surface area contributed by atoms with Crippen LogP contribution in [0, 0.1) is 5.92 Å². The smallest absolute Gasteiger partial charge is 0.115 e. The lowest BCUT2D eigenvalue weighted by atomic mass is 9.52. The minimum Gasteiger partial charge on any atom is -0.508 e. The molecule has 2 N–H and O–H groups in total. The zero-order valence-corrected chi connectivity index (χ0v) is 12.8. The van der Waals surface area contributed by atoms with Crippen LogP contribution in [0.15, 0.2) is 24.4 Å². The van der Waals surface area contributed by atoms with Crippen LogP contribution in [0.3, 0.4) is 0 Å². The Morgan fingerprint density at radius 3 is 3.14 bits per heavy atom. The summed E-state index contributed by atoms with van der Waals surface area (Å²) < 4.78 is 0. The molecule has 4 heteroatoms. The van der Waals surface area contributed by atoms with Gasteiger partial charge in [0, 0.05) is 17.2 Å². The van der Waals surface area contributed by atoms with E-state index in [4.69, 9.17) is 0 Å². The van der Waals surface area contributed by atoms with Gasteiger partial charge >= 0.3 is 0 Å². The summed E-state index contributed by atoms with van der Waals surface area (Å²) in [6.07, 6.45) is 6.42. The lowest BCUT2D eigenvalue weighted by Gasteiger charge is -2.58. The molecule has 0 saturated carbocycles. The number of aromatic amines is 1. The summed E-state index contributed by atoms with van der Waals surface area (Å²) in [4.78, 5) is 2.55. The van der Waals surface area contributed by atoms with Gasteiger partial charge in [-0.05, 0) is 74.0 Å². The highest BCUT2D eigenvalue weighted by molar-refractivity contribution is 5.47. The third-order valence-electron chi connectivity index (χ3n) is 6.45. The minimum atomic E-state index is 0.170. The predicted molar refractivity (Wildman–Crippen MR) is 84.0 cm³/mol. The summed E-state index contributed by atoms with van der Waals surface area (Å²) in [7, 11) is 2.27. The second-order valence-electron chi connectivity index (χ2n) is 7.36. The number of aromatic hydroxyl groups is 1. The molecule has 2 aromatic rings. The van der Waals surface area contributed by atoms with Crippen molar-refractivity contribution in [2.24, 2.45) is 5.92 Å². The van der Waals surface area contributed by atoms with Gasteiger partial charge < -0.3 is 10.0 Å². The van der Waals surface area contributed by atoms with Crippen LogP contribution in [0.2, 0.25) is 0 Å². The van der Waals surface area contributed by atoms with Gasteiger partial charge in [0.25, 0.3) is 0 Å². The molecule has 0 amide bonds. The van der Waals surface area contributed by atoms with Gasteiger partial charge in [0.2, 0.25) is 0 Å². The molecule has 0 spiro atoms. The van der Waals surface area contributed by atoms with Crippen molar-refractivity contribution in [2.75, 3.05) is 13.6 Å². The van der Waals surface area contributed by atoms with Crippen molar-refractivity contribution in [3.8, 4) is 5.75 Å². The molecule has 2 bridgehead atoms. The quantitative estimate of drug-likeness (QED) is 0.782. The van der Waals surface area contributed by atoms with Gasteiger partial charge in [-0.2, -0.15) is 5.10 Å². The largest absolute Gasteiger partial charge is 0.508 e. The number of piperidine rings is 1. The number of nitrogens with zero attached hydrogens (tertiary/aromatic N) is 2. The minimum absolute atomic E-state index is 0.170.